The zero-order valence-corrected chi connectivity index (χ0v) is 8.88. The molecule has 82 valence electrons. The summed E-state index contributed by atoms with van der Waals surface area (Å²) in [5, 5.41) is 2.99. The van der Waals surface area contributed by atoms with E-state index in [0.29, 0.717) is 19.0 Å². The quantitative estimate of drug-likeness (QED) is 0.720. The molecule has 14 heavy (non-hydrogen) atoms. The van der Waals surface area contributed by atoms with E-state index in [9.17, 15) is 8.78 Å². The van der Waals surface area contributed by atoms with Crippen molar-refractivity contribution in [3.63, 3.8) is 0 Å². The molecule has 1 N–H and O–H groups in total. The van der Waals surface area contributed by atoms with E-state index < -0.39 is 11.3 Å². The number of hydrogen-bond donors (Lipinski definition) is 1. The average molecular weight is 224 g/mol. The van der Waals surface area contributed by atoms with Gasteiger partial charge in [-0.3, -0.25) is 0 Å². The van der Waals surface area contributed by atoms with Crippen molar-refractivity contribution in [3.8, 4) is 0 Å². The average Bonchev–Trinajstić information content (AvgIpc) is 2.46. The van der Waals surface area contributed by atoms with Crippen LogP contribution in [0.4, 0.5) is 8.78 Å². The third-order valence-corrected chi connectivity index (χ3v) is 4.32. The molecule has 1 nitrogen and oxygen atoms in total. The first-order chi connectivity index (χ1) is 6.18. The highest BCUT2D eigenvalue weighted by Crippen LogP contribution is 2.72. The highest BCUT2D eigenvalue weighted by atomic mass is 35.5. The molecule has 2 saturated carbocycles. The molecule has 2 aliphatic carbocycles. The number of hydrogen-bond acceptors (Lipinski definition) is 1. The lowest BCUT2D eigenvalue weighted by Gasteiger charge is -2.28. The van der Waals surface area contributed by atoms with Gasteiger partial charge in [-0.2, -0.15) is 0 Å². The zero-order valence-electron chi connectivity index (χ0n) is 8.06. The van der Waals surface area contributed by atoms with Gasteiger partial charge in [-0.15, -0.1) is 12.4 Å². The topological polar surface area (TPSA) is 12.0 Å². The molecule has 0 radical (unpaired) electrons. The summed E-state index contributed by atoms with van der Waals surface area (Å²) < 4.78 is 27.0. The Morgan fingerprint density at radius 1 is 1.07 bits per heavy atom. The second-order valence-electron chi connectivity index (χ2n) is 4.90. The van der Waals surface area contributed by atoms with Gasteiger partial charge in [0.15, 0.2) is 0 Å². The van der Waals surface area contributed by atoms with Crippen molar-refractivity contribution in [1.29, 1.82) is 0 Å². The first kappa shape index (κ1) is 10.6. The van der Waals surface area contributed by atoms with Crippen LogP contribution in [0.25, 0.3) is 0 Å². The minimum Gasteiger partial charge on any atom is -0.315 e. The van der Waals surface area contributed by atoms with E-state index >= 15 is 0 Å². The minimum atomic E-state index is -2.34. The van der Waals surface area contributed by atoms with Gasteiger partial charge in [-0.25, -0.2) is 8.78 Å². The number of nitrogens with one attached hydrogen (secondary N) is 1. The summed E-state index contributed by atoms with van der Waals surface area (Å²) in [4.78, 5) is 0. The van der Waals surface area contributed by atoms with Crippen molar-refractivity contribution in [1.82, 2.24) is 5.32 Å². The molecule has 1 unspecified atom stereocenters. The van der Waals surface area contributed by atoms with Crippen molar-refractivity contribution in [2.75, 3.05) is 13.1 Å². The van der Waals surface area contributed by atoms with Gasteiger partial charge in [-0.05, 0) is 18.8 Å². The first-order valence-electron chi connectivity index (χ1n) is 5.27. The van der Waals surface area contributed by atoms with Gasteiger partial charge >= 0.3 is 0 Å². The van der Waals surface area contributed by atoms with Crippen LogP contribution < -0.4 is 5.32 Å². The van der Waals surface area contributed by atoms with E-state index in [-0.39, 0.29) is 18.3 Å². The molecule has 0 amide bonds. The molecule has 1 aliphatic heterocycles. The highest BCUT2D eigenvalue weighted by molar-refractivity contribution is 5.85. The van der Waals surface area contributed by atoms with Gasteiger partial charge in [0.05, 0.1) is 5.41 Å². The molecule has 3 rings (SSSR count). The predicted octanol–water partition coefficient (Wildman–Crippen LogP) is 2.45. The summed E-state index contributed by atoms with van der Waals surface area (Å²) in [6.07, 6.45) is 4.42. The van der Waals surface area contributed by atoms with Crippen LogP contribution in [0.15, 0.2) is 0 Å². The second kappa shape index (κ2) is 3.05. The number of halogens is 3. The summed E-state index contributed by atoms with van der Waals surface area (Å²) in [7, 11) is 0. The Labute approximate surface area is 89.0 Å². The van der Waals surface area contributed by atoms with E-state index in [1.54, 1.807) is 0 Å². The maximum atomic E-state index is 13.5. The minimum absolute atomic E-state index is 0. The van der Waals surface area contributed by atoms with Gasteiger partial charge in [0.2, 0.25) is 0 Å². The van der Waals surface area contributed by atoms with Gasteiger partial charge in [0.25, 0.3) is 5.92 Å². The molecule has 0 aromatic heterocycles. The van der Waals surface area contributed by atoms with Gasteiger partial charge in [-0.1, -0.05) is 12.8 Å². The summed E-state index contributed by atoms with van der Waals surface area (Å²) >= 11 is 0. The lowest BCUT2D eigenvalue weighted by atomic mass is 9.89. The smallest absolute Gasteiger partial charge is 0.260 e. The fourth-order valence-corrected chi connectivity index (χ4v) is 3.43. The molecular weight excluding hydrogens is 208 g/mol. The third-order valence-electron chi connectivity index (χ3n) is 4.32. The maximum absolute atomic E-state index is 13.5. The normalized spacial score (nSPS) is 37.7. The van der Waals surface area contributed by atoms with Crippen LogP contribution in [0, 0.1) is 17.3 Å². The van der Waals surface area contributed by atoms with Crippen LogP contribution in [0.5, 0.6) is 0 Å². The van der Waals surface area contributed by atoms with Crippen LogP contribution in [0.3, 0.4) is 0 Å². The number of rotatable bonds is 1. The Morgan fingerprint density at radius 3 is 2.00 bits per heavy atom. The Hall–Kier alpha value is 0.110. The summed E-state index contributed by atoms with van der Waals surface area (Å²) in [5.41, 5.74) is -0.595. The lowest BCUT2D eigenvalue weighted by Crippen LogP contribution is -2.48. The Kier molecular flexibility index (Phi) is 2.31. The summed E-state index contributed by atoms with van der Waals surface area (Å²) in [6, 6.07) is 0. The monoisotopic (exact) mass is 223 g/mol. The van der Waals surface area contributed by atoms with Crippen LogP contribution in [0.2, 0.25) is 0 Å². The largest absolute Gasteiger partial charge is 0.315 e. The van der Waals surface area contributed by atoms with Crippen molar-refractivity contribution in [3.05, 3.63) is 0 Å². The van der Waals surface area contributed by atoms with E-state index in [2.05, 4.69) is 5.32 Å². The van der Waals surface area contributed by atoms with E-state index in [0.717, 1.165) is 12.8 Å². The lowest BCUT2D eigenvalue weighted by molar-refractivity contribution is 0.0359. The number of alkyl halides is 2. The molecule has 4 heteroatoms. The predicted molar refractivity (Wildman–Crippen MR) is 52.9 cm³/mol. The van der Waals surface area contributed by atoms with Crippen molar-refractivity contribution in [2.24, 2.45) is 17.3 Å². The molecular formula is C10H16ClF2N. The van der Waals surface area contributed by atoms with Crippen molar-refractivity contribution >= 4 is 12.4 Å². The second-order valence-corrected chi connectivity index (χ2v) is 4.90. The first-order valence-corrected chi connectivity index (χ1v) is 5.27. The Balaban J connectivity index is 0.000000750. The van der Waals surface area contributed by atoms with Crippen LogP contribution >= 0.6 is 12.4 Å². The van der Waals surface area contributed by atoms with Gasteiger partial charge < -0.3 is 5.32 Å². The molecule has 1 spiro atoms. The summed E-state index contributed by atoms with van der Waals surface area (Å²) in [5.74, 6) is -2.28. The van der Waals surface area contributed by atoms with Gasteiger partial charge in [0, 0.05) is 19.0 Å². The Bertz CT molecular complexity index is 234. The molecule has 3 fully saturated rings. The van der Waals surface area contributed by atoms with Crippen LogP contribution in [0.1, 0.15) is 25.7 Å². The zero-order chi connectivity index (χ0) is 9.10. The van der Waals surface area contributed by atoms with E-state index in [1.807, 2.05) is 0 Å². The molecule has 0 aromatic carbocycles. The van der Waals surface area contributed by atoms with Gasteiger partial charge in [0.1, 0.15) is 0 Å². The molecule has 1 saturated heterocycles. The fourth-order valence-electron chi connectivity index (χ4n) is 3.43. The van der Waals surface area contributed by atoms with Crippen molar-refractivity contribution < 1.29 is 8.78 Å². The SMILES string of the molecule is Cl.FC1(F)C(C2CCCC2)C12CNC2. The molecule has 0 aromatic rings. The van der Waals surface area contributed by atoms with Crippen LogP contribution in [-0.2, 0) is 0 Å². The van der Waals surface area contributed by atoms with Crippen molar-refractivity contribution in [2.45, 2.75) is 31.6 Å². The third kappa shape index (κ3) is 1.03. The van der Waals surface area contributed by atoms with Crippen LogP contribution in [-0.4, -0.2) is 19.0 Å². The van der Waals surface area contributed by atoms with E-state index in [1.165, 1.54) is 12.8 Å². The maximum Gasteiger partial charge on any atom is 0.260 e. The molecule has 0 bridgehead atoms. The molecule has 1 atom stereocenters. The molecule has 1 heterocycles. The fraction of sp³-hybridized carbons (Fsp3) is 1.00. The molecule has 3 aliphatic rings. The van der Waals surface area contributed by atoms with E-state index in [4.69, 9.17) is 0 Å². The Morgan fingerprint density at radius 2 is 1.64 bits per heavy atom. The summed E-state index contributed by atoms with van der Waals surface area (Å²) in [6.45, 7) is 1.11. The highest BCUT2D eigenvalue weighted by Gasteiger charge is 2.83. The standard InChI is InChI=1S/C10H15F2N.ClH/c11-10(12)8(7-3-1-2-4-7)9(10)5-13-6-9;/h7-8,13H,1-6H2;1H.